The average molecular weight is 406 g/mol. The van der Waals surface area contributed by atoms with Gasteiger partial charge in [0.2, 0.25) is 5.91 Å². The van der Waals surface area contributed by atoms with Crippen LogP contribution in [0.5, 0.6) is 0 Å². The zero-order valence-corrected chi connectivity index (χ0v) is 15.9. The van der Waals surface area contributed by atoms with E-state index >= 15 is 0 Å². The second-order valence-electron chi connectivity index (χ2n) is 6.84. The van der Waals surface area contributed by atoms with E-state index in [1.165, 1.54) is 4.90 Å². The third-order valence-corrected chi connectivity index (χ3v) is 4.93. The van der Waals surface area contributed by atoms with Gasteiger partial charge in [0.15, 0.2) is 0 Å². The summed E-state index contributed by atoms with van der Waals surface area (Å²) in [7, 11) is 0. The fraction of sp³-hybridized carbons (Fsp3) is 0.579. The molecule has 8 heteroatoms. The lowest BCUT2D eigenvalue weighted by atomic mass is 9.75. The molecule has 2 rings (SSSR count). The Morgan fingerprint density at radius 3 is 2.70 bits per heavy atom. The number of likely N-dealkylation sites (tertiary alicyclic amines) is 1. The topological polar surface area (TPSA) is 46.6 Å². The number of alkyl halides is 3. The molecule has 1 aliphatic heterocycles. The number of halogens is 4. The molecule has 0 spiro atoms. The van der Waals surface area contributed by atoms with Crippen molar-refractivity contribution in [3.63, 3.8) is 0 Å². The van der Waals surface area contributed by atoms with Gasteiger partial charge in [0.25, 0.3) is 0 Å². The van der Waals surface area contributed by atoms with Crippen LogP contribution in [0.4, 0.5) is 13.2 Å². The third kappa shape index (κ3) is 6.13. The Balaban J connectivity index is 2.19. The van der Waals surface area contributed by atoms with Crippen molar-refractivity contribution >= 4 is 23.5 Å². The molecule has 1 fully saturated rings. The average Bonchev–Trinajstić information content (AvgIpc) is 2.59. The van der Waals surface area contributed by atoms with Crippen molar-refractivity contribution in [1.29, 1.82) is 0 Å². The molecule has 1 atom stereocenters. The number of esters is 1. The summed E-state index contributed by atoms with van der Waals surface area (Å²) < 4.78 is 42.5. The lowest BCUT2D eigenvalue weighted by Gasteiger charge is -2.41. The Kier molecular flexibility index (Phi) is 7.14. The van der Waals surface area contributed by atoms with Crippen molar-refractivity contribution in [1.82, 2.24) is 4.90 Å². The van der Waals surface area contributed by atoms with Crippen molar-refractivity contribution in [2.24, 2.45) is 5.41 Å². The smallest absolute Gasteiger partial charge is 0.389 e. The van der Waals surface area contributed by atoms with Crippen LogP contribution in [0, 0.1) is 5.41 Å². The van der Waals surface area contributed by atoms with E-state index < -0.39 is 36.3 Å². The van der Waals surface area contributed by atoms with Gasteiger partial charge < -0.3 is 9.64 Å². The first-order chi connectivity index (χ1) is 12.6. The van der Waals surface area contributed by atoms with Crippen LogP contribution in [0.3, 0.4) is 0 Å². The molecule has 1 aliphatic rings. The Bertz CT molecular complexity index is 680. The molecule has 0 N–H and O–H groups in total. The SMILES string of the molecule is CCOC(=O)[C@@]1(Cc2cccc(Cl)c2)CCCN(C(=O)CCC(F)(F)F)C1. The van der Waals surface area contributed by atoms with E-state index in [9.17, 15) is 22.8 Å². The molecule has 0 aromatic heterocycles. The van der Waals surface area contributed by atoms with E-state index in [0.29, 0.717) is 30.8 Å². The molecular weight excluding hydrogens is 383 g/mol. The number of ether oxygens (including phenoxy) is 1. The van der Waals surface area contributed by atoms with Crippen LogP contribution in [-0.2, 0) is 20.7 Å². The predicted molar refractivity (Wildman–Crippen MR) is 95.3 cm³/mol. The molecule has 0 unspecified atom stereocenters. The van der Waals surface area contributed by atoms with Gasteiger partial charge in [-0.2, -0.15) is 13.2 Å². The minimum absolute atomic E-state index is 0.0506. The molecule has 0 saturated carbocycles. The molecule has 1 heterocycles. The zero-order chi connectivity index (χ0) is 20.1. The lowest BCUT2D eigenvalue weighted by Crippen LogP contribution is -2.51. The molecule has 150 valence electrons. The zero-order valence-electron chi connectivity index (χ0n) is 15.2. The molecule has 27 heavy (non-hydrogen) atoms. The summed E-state index contributed by atoms with van der Waals surface area (Å²) in [5, 5.41) is 0.528. The Morgan fingerprint density at radius 1 is 1.33 bits per heavy atom. The van der Waals surface area contributed by atoms with Crippen LogP contribution in [0.1, 0.15) is 38.2 Å². The monoisotopic (exact) mass is 405 g/mol. The second-order valence-corrected chi connectivity index (χ2v) is 7.28. The predicted octanol–water partition coefficient (Wildman–Crippen LogP) is 4.40. The highest BCUT2D eigenvalue weighted by atomic mass is 35.5. The normalized spacial score (nSPS) is 20.4. The van der Waals surface area contributed by atoms with E-state index in [1.54, 1.807) is 25.1 Å². The van der Waals surface area contributed by atoms with E-state index in [4.69, 9.17) is 16.3 Å². The number of carbonyl (C=O) groups is 2. The molecule has 0 radical (unpaired) electrons. The number of rotatable bonds is 6. The van der Waals surface area contributed by atoms with Gasteiger partial charge in [-0.3, -0.25) is 9.59 Å². The molecule has 4 nitrogen and oxygen atoms in total. The van der Waals surface area contributed by atoms with Crippen LogP contribution in [0.25, 0.3) is 0 Å². The van der Waals surface area contributed by atoms with Crippen molar-refractivity contribution in [3.05, 3.63) is 34.9 Å². The molecular formula is C19H23ClF3NO3. The largest absolute Gasteiger partial charge is 0.466 e. The highest BCUT2D eigenvalue weighted by Gasteiger charge is 2.45. The van der Waals surface area contributed by atoms with Crippen LogP contribution in [0.2, 0.25) is 5.02 Å². The fourth-order valence-electron chi connectivity index (χ4n) is 3.46. The summed E-state index contributed by atoms with van der Waals surface area (Å²) in [6.45, 7) is 2.28. The maximum Gasteiger partial charge on any atom is 0.389 e. The lowest BCUT2D eigenvalue weighted by molar-refractivity contribution is -0.163. The van der Waals surface area contributed by atoms with Gasteiger partial charge in [0.05, 0.1) is 18.4 Å². The fourth-order valence-corrected chi connectivity index (χ4v) is 3.67. The van der Waals surface area contributed by atoms with E-state index in [1.807, 2.05) is 6.07 Å². The number of carbonyl (C=O) groups excluding carboxylic acids is 2. The summed E-state index contributed by atoms with van der Waals surface area (Å²) in [5.41, 5.74) is -0.160. The molecule has 1 aromatic rings. The van der Waals surface area contributed by atoms with Gasteiger partial charge in [0.1, 0.15) is 0 Å². The first kappa shape index (κ1) is 21.5. The van der Waals surface area contributed by atoms with Crippen LogP contribution < -0.4 is 0 Å². The van der Waals surface area contributed by atoms with Crippen molar-refractivity contribution in [3.8, 4) is 0 Å². The van der Waals surface area contributed by atoms with Crippen molar-refractivity contribution in [2.75, 3.05) is 19.7 Å². The van der Waals surface area contributed by atoms with Gasteiger partial charge in [-0.25, -0.2) is 0 Å². The number of piperidine rings is 1. The number of hydrogen-bond donors (Lipinski definition) is 0. The Labute approximate surface area is 161 Å². The van der Waals surface area contributed by atoms with Crippen LogP contribution in [0.15, 0.2) is 24.3 Å². The van der Waals surface area contributed by atoms with Crippen molar-refractivity contribution in [2.45, 2.75) is 45.2 Å². The summed E-state index contributed by atoms with van der Waals surface area (Å²) in [5.74, 6) is -1.02. The van der Waals surface area contributed by atoms with Gasteiger partial charge in [-0.1, -0.05) is 23.7 Å². The van der Waals surface area contributed by atoms with E-state index in [0.717, 1.165) is 5.56 Å². The number of nitrogens with zero attached hydrogens (tertiary/aromatic N) is 1. The minimum atomic E-state index is -4.38. The molecule has 1 aromatic carbocycles. The molecule has 1 saturated heterocycles. The Morgan fingerprint density at radius 2 is 2.07 bits per heavy atom. The first-order valence-electron chi connectivity index (χ1n) is 8.91. The van der Waals surface area contributed by atoms with E-state index in [2.05, 4.69) is 0 Å². The number of benzene rings is 1. The number of amides is 1. The molecule has 0 aliphatic carbocycles. The first-order valence-corrected chi connectivity index (χ1v) is 9.29. The minimum Gasteiger partial charge on any atom is -0.466 e. The van der Waals surface area contributed by atoms with Crippen molar-refractivity contribution < 1.29 is 27.5 Å². The summed E-state index contributed by atoms with van der Waals surface area (Å²) in [6.07, 6.45) is -4.82. The summed E-state index contributed by atoms with van der Waals surface area (Å²) in [6, 6.07) is 7.06. The highest BCUT2D eigenvalue weighted by Crippen LogP contribution is 2.36. The molecule has 1 amide bonds. The third-order valence-electron chi connectivity index (χ3n) is 4.69. The highest BCUT2D eigenvalue weighted by molar-refractivity contribution is 6.30. The van der Waals surface area contributed by atoms with Crippen LogP contribution in [-0.4, -0.2) is 42.6 Å². The molecule has 0 bridgehead atoms. The Hall–Kier alpha value is -1.76. The maximum atomic E-state index is 12.7. The van der Waals surface area contributed by atoms with Gasteiger partial charge in [-0.15, -0.1) is 0 Å². The van der Waals surface area contributed by atoms with Gasteiger partial charge >= 0.3 is 12.1 Å². The van der Waals surface area contributed by atoms with Crippen LogP contribution >= 0.6 is 11.6 Å². The summed E-state index contributed by atoms with van der Waals surface area (Å²) in [4.78, 5) is 26.4. The van der Waals surface area contributed by atoms with Gasteiger partial charge in [0, 0.05) is 24.5 Å². The number of hydrogen-bond acceptors (Lipinski definition) is 3. The van der Waals surface area contributed by atoms with E-state index in [-0.39, 0.29) is 13.2 Å². The summed E-state index contributed by atoms with van der Waals surface area (Å²) >= 11 is 6.02. The quantitative estimate of drug-likeness (QED) is 0.659. The maximum absolute atomic E-state index is 12.7. The van der Waals surface area contributed by atoms with Gasteiger partial charge in [-0.05, 0) is 43.9 Å². The second kappa shape index (κ2) is 8.95. The standard InChI is InChI=1S/C19H23ClF3NO3/c1-2-27-17(26)18(12-14-5-3-6-15(20)11-14)8-4-10-24(13-18)16(25)7-9-19(21,22)23/h3,5-6,11H,2,4,7-10,12-13H2,1H3/t18-/m1/s1.